The molecule has 0 saturated carbocycles. The van der Waals surface area contributed by atoms with Crippen LogP contribution in [0.3, 0.4) is 0 Å². The van der Waals surface area contributed by atoms with Crippen LogP contribution < -0.4 is 5.32 Å². The lowest BCUT2D eigenvalue weighted by molar-refractivity contribution is 0.924. The minimum Gasteiger partial charge on any atom is -0.341 e. The molecule has 0 aliphatic heterocycles. The van der Waals surface area contributed by atoms with E-state index in [9.17, 15) is 0 Å². The van der Waals surface area contributed by atoms with Crippen molar-refractivity contribution in [2.45, 2.75) is 19.8 Å². The first-order valence-corrected chi connectivity index (χ1v) is 5.17. The van der Waals surface area contributed by atoms with Gasteiger partial charge in [-0.1, -0.05) is 43.8 Å². The maximum absolute atomic E-state index is 4.87. The quantitative estimate of drug-likeness (QED) is 0.588. The summed E-state index contributed by atoms with van der Waals surface area (Å²) in [7, 11) is 0. The largest absolute Gasteiger partial charge is 0.341 e. The van der Waals surface area contributed by atoms with E-state index in [-0.39, 0.29) is 0 Å². The third kappa shape index (κ3) is 3.36. The van der Waals surface area contributed by atoms with E-state index >= 15 is 0 Å². The zero-order chi connectivity index (χ0) is 9.68. The number of thiol groups is 1. The average molecular weight is 211 g/mol. The van der Waals surface area contributed by atoms with Gasteiger partial charge in [0.25, 0.3) is 0 Å². The van der Waals surface area contributed by atoms with Crippen LogP contribution in [0.15, 0.2) is 24.3 Å². The van der Waals surface area contributed by atoms with Crippen LogP contribution in [0.4, 0.5) is 5.69 Å². The van der Waals surface area contributed by atoms with Crippen LogP contribution in [0.25, 0.3) is 0 Å². The number of benzene rings is 1. The van der Waals surface area contributed by atoms with Gasteiger partial charge >= 0.3 is 0 Å². The Labute approximate surface area is 90.0 Å². The Morgan fingerprint density at radius 2 is 2.15 bits per heavy atom. The lowest BCUT2D eigenvalue weighted by Gasteiger charge is -2.08. The van der Waals surface area contributed by atoms with Gasteiger partial charge in [-0.15, -0.1) is 12.6 Å². The third-order valence-electron chi connectivity index (χ3n) is 1.78. The van der Waals surface area contributed by atoms with Gasteiger partial charge in [0, 0.05) is 5.69 Å². The van der Waals surface area contributed by atoms with E-state index in [2.05, 4.69) is 30.9 Å². The van der Waals surface area contributed by atoms with Crippen LogP contribution in [-0.4, -0.2) is 4.32 Å². The normalized spacial score (nSPS) is 9.69. The van der Waals surface area contributed by atoms with Gasteiger partial charge in [0.2, 0.25) is 0 Å². The summed E-state index contributed by atoms with van der Waals surface area (Å²) in [6.45, 7) is 2.16. The predicted octanol–water partition coefficient (Wildman–Crippen LogP) is 3.27. The minimum absolute atomic E-state index is 0.517. The number of anilines is 1. The van der Waals surface area contributed by atoms with Gasteiger partial charge in [-0.05, 0) is 18.1 Å². The molecule has 0 aromatic heterocycles. The van der Waals surface area contributed by atoms with Crippen molar-refractivity contribution in [3.05, 3.63) is 29.8 Å². The Bertz CT molecular complexity index is 297. The molecule has 0 heterocycles. The van der Waals surface area contributed by atoms with Crippen LogP contribution in [0.1, 0.15) is 18.9 Å². The molecular formula is C10H13NS2. The highest BCUT2D eigenvalue weighted by Crippen LogP contribution is 2.17. The molecular weight excluding hydrogens is 198 g/mol. The van der Waals surface area contributed by atoms with Crippen molar-refractivity contribution in [2.75, 3.05) is 5.32 Å². The molecule has 1 aromatic rings. The molecule has 0 unspecified atom stereocenters. The van der Waals surface area contributed by atoms with Crippen molar-refractivity contribution in [1.82, 2.24) is 0 Å². The second-order valence-electron chi connectivity index (χ2n) is 2.84. The Hall–Kier alpha value is -0.540. The van der Waals surface area contributed by atoms with E-state index in [4.69, 9.17) is 12.2 Å². The van der Waals surface area contributed by atoms with E-state index in [1.807, 2.05) is 18.2 Å². The zero-order valence-electron chi connectivity index (χ0n) is 7.58. The van der Waals surface area contributed by atoms with Gasteiger partial charge in [0.15, 0.2) is 0 Å². The minimum atomic E-state index is 0.517. The maximum atomic E-state index is 4.87. The van der Waals surface area contributed by atoms with Gasteiger partial charge < -0.3 is 5.32 Å². The Morgan fingerprint density at radius 1 is 1.46 bits per heavy atom. The van der Waals surface area contributed by atoms with Gasteiger partial charge in [-0.25, -0.2) is 0 Å². The Morgan fingerprint density at radius 3 is 2.77 bits per heavy atom. The van der Waals surface area contributed by atoms with Crippen molar-refractivity contribution >= 4 is 34.9 Å². The van der Waals surface area contributed by atoms with Crippen molar-refractivity contribution in [2.24, 2.45) is 0 Å². The number of rotatable bonds is 3. The zero-order valence-corrected chi connectivity index (χ0v) is 9.29. The van der Waals surface area contributed by atoms with Crippen molar-refractivity contribution in [1.29, 1.82) is 0 Å². The summed E-state index contributed by atoms with van der Waals surface area (Å²) in [6, 6.07) is 8.16. The number of thiocarbonyl (C=S) groups is 1. The highest BCUT2D eigenvalue weighted by Gasteiger charge is 1.99. The third-order valence-corrected chi connectivity index (χ3v) is 1.99. The van der Waals surface area contributed by atoms with Crippen molar-refractivity contribution in [3.63, 3.8) is 0 Å². The molecule has 70 valence electrons. The number of para-hydroxylation sites is 1. The molecule has 1 nitrogen and oxygen atoms in total. The first-order chi connectivity index (χ1) is 6.24. The molecule has 3 heteroatoms. The molecule has 0 aliphatic rings. The van der Waals surface area contributed by atoms with Gasteiger partial charge in [0.05, 0.1) is 0 Å². The molecule has 0 amide bonds. The molecule has 0 aliphatic carbocycles. The second-order valence-corrected chi connectivity index (χ2v) is 4.00. The molecule has 0 fully saturated rings. The van der Waals surface area contributed by atoms with Crippen LogP contribution in [0.5, 0.6) is 0 Å². The Kier molecular flexibility index (Phi) is 4.25. The van der Waals surface area contributed by atoms with Crippen LogP contribution in [0.2, 0.25) is 0 Å². The molecule has 0 spiro atoms. The van der Waals surface area contributed by atoms with E-state index in [1.54, 1.807) is 0 Å². The monoisotopic (exact) mass is 211 g/mol. The summed E-state index contributed by atoms with van der Waals surface area (Å²) in [4.78, 5) is 0. The first-order valence-electron chi connectivity index (χ1n) is 4.32. The number of hydrogen-bond acceptors (Lipinski definition) is 1. The lowest BCUT2D eigenvalue weighted by atomic mass is 10.1. The van der Waals surface area contributed by atoms with E-state index in [0.29, 0.717) is 4.32 Å². The topological polar surface area (TPSA) is 12.0 Å². The fraction of sp³-hybridized carbons (Fsp3) is 0.300. The highest BCUT2D eigenvalue weighted by molar-refractivity contribution is 8.11. The van der Waals surface area contributed by atoms with Crippen molar-refractivity contribution < 1.29 is 0 Å². The smallest absolute Gasteiger partial charge is 0.135 e. The summed E-state index contributed by atoms with van der Waals surface area (Å²) in [6.07, 6.45) is 2.21. The van der Waals surface area contributed by atoms with E-state index < -0.39 is 0 Å². The SMILES string of the molecule is CCCc1ccccc1NC(=S)S. The van der Waals surface area contributed by atoms with Gasteiger partial charge in [0.1, 0.15) is 4.32 Å². The fourth-order valence-corrected chi connectivity index (χ4v) is 1.48. The lowest BCUT2D eigenvalue weighted by Crippen LogP contribution is -2.03. The van der Waals surface area contributed by atoms with Crippen LogP contribution in [-0.2, 0) is 6.42 Å². The second kappa shape index (κ2) is 5.25. The molecule has 1 rings (SSSR count). The highest BCUT2D eigenvalue weighted by atomic mass is 32.1. The number of aryl methyl sites for hydroxylation is 1. The predicted molar refractivity (Wildman–Crippen MR) is 65.6 cm³/mol. The summed E-state index contributed by atoms with van der Waals surface area (Å²) >= 11 is 8.92. The maximum Gasteiger partial charge on any atom is 0.135 e. The summed E-state index contributed by atoms with van der Waals surface area (Å²) in [5.41, 5.74) is 2.37. The van der Waals surface area contributed by atoms with Crippen molar-refractivity contribution in [3.8, 4) is 0 Å². The molecule has 1 aromatic carbocycles. The van der Waals surface area contributed by atoms with E-state index in [1.165, 1.54) is 5.56 Å². The number of nitrogens with one attached hydrogen (secondary N) is 1. The first kappa shape index (κ1) is 10.5. The fourth-order valence-electron chi connectivity index (χ4n) is 1.24. The molecule has 13 heavy (non-hydrogen) atoms. The standard InChI is InChI=1S/C10H13NS2/c1-2-5-8-6-3-4-7-9(8)11-10(12)13/h3-4,6-7H,2,5H2,1H3,(H2,11,12,13). The summed E-state index contributed by atoms with van der Waals surface area (Å²) < 4.78 is 0.517. The summed E-state index contributed by atoms with van der Waals surface area (Å²) in [5.74, 6) is 0. The molecule has 0 atom stereocenters. The molecule has 0 saturated heterocycles. The molecule has 0 radical (unpaired) electrons. The summed E-state index contributed by atoms with van der Waals surface area (Å²) in [5, 5.41) is 3.05. The average Bonchev–Trinajstić information content (AvgIpc) is 2.08. The number of hydrogen-bond donors (Lipinski definition) is 2. The molecule has 1 N–H and O–H groups in total. The van der Waals surface area contributed by atoms with Gasteiger partial charge in [-0.3, -0.25) is 0 Å². The molecule has 0 bridgehead atoms. The van der Waals surface area contributed by atoms with Gasteiger partial charge in [-0.2, -0.15) is 0 Å². The van der Waals surface area contributed by atoms with Crippen LogP contribution >= 0.6 is 24.8 Å². The Balaban J connectivity index is 2.84. The van der Waals surface area contributed by atoms with E-state index in [0.717, 1.165) is 18.5 Å². The van der Waals surface area contributed by atoms with Crippen LogP contribution in [0, 0.1) is 0 Å².